The first-order valence-electron chi connectivity index (χ1n) is 8.13. The molecule has 0 spiro atoms. The van der Waals surface area contributed by atoms with Crippen LogP contribution in [0.5, 0.6) is 0 Å². The van der Waals surface area contributed by atoms with Crippen molar-refractivity contribution in [2.45, 2.75) is 50.8 Å². The number of carbonyl (C=O) groups excluding carboxylic acids is 1. The number of amides is 1. The highest BCUT2D eigenvalue weighted by atomic mass is 16.5. The van der Waals surface area contributed by atoms with Gasteiger partial charge in [-0.15, -0.1) is 0 Å². The number of nitrogens with one attached hydrogen (secondary N) is 2. The van der Waals surface area contributed by atoms with E-state index in [-0.39, 0.29) is 18.1 Å². The van der Waals surface area contributed by atoms with Gasteiger partial charge in [0.1, 0.15) is 6.04 Å². The largest absolute Gasteiger partial charge is 0.375 e. The number of hydrogen-bond acceptors (Lipinski definition) is 4. The fourth-order valence-electron chi connectivity index (χ4n) is 3.84. The molecular weight excluding hydrogens is 254 g/mol. The normalized spacial score (nSPS) is 36.2. The van der Waals surface area contributed by atoms with Crippen LogP contribution in [0.15, 0.2) is 0 Å². The van der Waals surface area contributed by atoms with Crippen molar-refractivity contribution < 1.29 is 9.53 Å². The van der Waals surface area contributed by atoms with Crippen LogP contribution in [0, 0.1) is 5.92 Å². The van der Waals surface area contributed by atoms with Crippen LogP contribution in [-0.4, -0.2) is 61.8 Å². The molecule has 0 radical (unpaired) electrons. The predicted octanol–water partition coefficient (Wildman–Crippen LogP) is 0.354. The lowest BCUT2D eigenvalue weighted by Gasteiger charge is -2.38. The van der Waals surface area contributed by atoms with Gasteiger partial charge in [-0.05, 0) is 45.1 Å². The van der Waals surface area contributed by atoms with Crippen molar-refractivity contribution in [3.63, 3.8) is 0 Å². The van der Waals surface area contributed by atoms with Crippen LogP contribution in [-0.2, 0) is 9.53 Å². The van der Waals surface area contributed by atoms with Crippen molar-refractivity contribution >= 4 is 5.91 Å². The molecule has 1 amide bonds. The molecule has 5 heteroatoms. The monoisotopic (exact) mass is 281 g/mol. The quantitative estimate of drug-likeness (QED) is 0.767. The Morgan fingerprint density at radius 3 is 2.60 bits per heavy atom. The van der Waals surface area contributed by atoms with Crippen LogP contribution in [0.25, 0.3) is 0 Å². The first kappa shape index (κ1) is 14.3. The average molecular weight is 281 g/mol. The maximum absolute atomic E-state index is 12.6. The van der Waals surface area contributed by atoms with E-state index in [0.29, 0.717) is 12.6 Å². The fraction of sp³-hybridized carbons (Fsp3) is 0.933. The van der Waals surface area contributed by atoms with E-state index in [1.807, 2.05) is 11.8 Å². The van der Waals surface area contributed by atoms with Crippen LogP contribution in [0.2, 0.25) is 0 Å². The molecule has 0 saturated carbocycles. The molecule has 114 valence electrons. The van der Waals surface area contributed by atoms with Crippen molar-refractivity contribution in [1.82, 2.24) is 15.5 Å². The third kappa shape index (κ3) is 3.00. The molecule has 3 fully saturated rings. The average Bonchev–Trinajstić information content (AvgIpc) is 3.01. The molecule has 3 heterocycles. The molecule has 5 nitrogen and oxygen atoms in total. The lowest BCUT2D eigenvalue weighted by molar-refractivity contribution is -0.141. The first-order chi connectivity index (χ1) is 9.75. The molecule has 20 heavy (non-hydrogen) atoms. The summed E-state index contributed by atoms with van der Waals surface area (Å²) in [6, 6.07) is 0.548. The molecule has 2 N–H and O–H groups in total. The van der Waals surface area contributed by atoms with E-state index in [1.54, 1.807) is 0 Å². The molecule has 0 bridgehead atoms. The summed E-state index contributed by atoms with van der Waals surface area (Å²) in [4.78, 5) is 14.6. The van der Waals surface area contributed by atoms with Crippen LogP contribution in [0.1, 0.15) is 32.6 Å². The lowest BCUT2D eigenvalue weighted by atomic mass is 9.88. The second-order valence-electron chi connectivity index (χ2n) is 6.37. The van der Waals surface area contributed by atoms with Gasteiger partial charge >= 0.3 is 0 Å². The fourth-order valence-corrected chi connectivity index (χ4v) is 3.84. The van der Waals surface area contributed by atoms with Crippen LogP contribution >= 0.6 is 0 Å². The van der Waals surface area contributed by atoms with Gasteiger partial charge in [0.05, 0.1) is 12.7 Å². The summed E-state index contributed by atoms with van der Waals surface area (Å²) < 4.78 is 5.58. The Bertz CT molecular complexity index is 336. The Balaban J connectivity index is 1.50. The zero-order valence-electron chi connectivity index (χ0n) is 12.4. The van der Waals surface area contributed by atoms with E-state index in [4.69, 9.17) is 4.74 Å². The van der Waals surface area contributed by atoms with E-state index < -0.39 is 0 Å². The van der Waals surface area contributed by atoms with Crippen molar-refractivity contribution in [3.8, 4) is 0 Å². The molecule has 0 aromatic heterocycles. The third-order valence-corrected chi connectivity index (χ3v) is 5.10. The summed E-state index contributed by atoms with van der Waals surface area (Å²) in [5, 5.41) is 6.91. The Hall–Kier alpha value is -0.650. The summed E-state index contributed by atoms with van der Waals surface area (Å²) >= 11 is 0. The zero-order chi connectivity index (χ0) is 13.9. The SMILES string of the molecule is C[C@H]1OCCN[C@@H]1C(=O)N1CCC(C2CCCN2)CC1. The molecular formula is C15H27N3O2. The van der Waals surface area contributed by atoms with E-state index in [9.17, 15) is 4.79 Å². The zero-order valence-corrected chi connectivity index (χ0v) is 12.4. The lowest BCUT2D eigenvalue weighted by Crippen LogP contribution is -2.57. The summed E-state index contributed by atoms with van der Waals surface area (Å²) in [6.07, 6.45) is 4.90. The van der Waals surface area contributed by atoms with Gasteiger partial charge in [-0.25, -0.2) is 0 Å². The number of morpholine rings is 1. The second-order valence-corrected chi connectivity index (χ2v) is 6.37. The van der Waals surface area contributed by atoms with Gasteiger partial charge in [-0.2, -0.15) is 0 Å². The predicted molar refractivity (Wildman–Crippen MR) is 77.5 cm³/mol. The van der Waals surface area contributed by atoms with Crippen molar-refractivity contribution in [2.75, 3.05) is 32.8 Å². The summed E-state index contributed by atoms with van der Waals surface area (Å²) in [7, 11) is 0. The molecule has 3 rings (SSSR count). The Labute approximate surface area is 121 Å². The first-order valence-corrected chi connectivity index (χ1v) is 8.13. The summed E-state index contributed by atoms with van der Waals surface area (Å²) in [6.45, 7) is 6.47. The van der Waals surface area contributed by atoms with Gasteiger partial charge in [0.25, 0.3) is 0 Å². The third-order valence-electron chi connectivity index (χ3n) is 5.10. The number of hydrogen-bond donors (Lipinski definition) is 2. The molecule has 0 aromatic rings. The van der Waals surface area contributed by atoms with Crippen molar-refractivity contribution in [2.24, 2.45) is 5.92 Å². The van der Waals surface area contributed by atoms with E-state index >= 15 is 0 Å². The number of ether oxygens (including phenoxy) is 1. The molecule has 3 saturated heterocycles. The van der Waals surface area contributed by atoms with E-state index in [0.717, 1.165) is 38.4 Å². The molecule has 3 aliphatic heterocycles. The second kappa shape index (κ2) is 6.41. The van der Waals surface area contributed by atoms with Crippen molar-refractivity contribution in [1.29, 1.82) is 0 Å². The Morgan fingerprint density at radius 1 is 1.15 bits per heavy atom. The summed E-state index contributed by atoms with van der Waals surface area (Å²) in [5.41, 5.74) is 0. The Morgan fingerprint density at radius 2 is 1.95 bits per heavy atom. The van der Waals surface area contributed by atoms with Crippen LogP contribution in [0.3, 0.4) is 0 Å². The van der Waals surface area contributed by atoms with Gasteiger partial charge in [0.2, 0.25) is 5.91 Å². The molecule has 3 atom stereocenters. The maximum Gasteiger partial charge on any atom is 0.242 e. The highest BCUT2D eigenvalue weighted by Gasteiger charge is 2.35. The van der Waals surface area contributed by atoms with Crippen LogP contribution < -0.4 is 10.6 Å². The smallest absolute Gasteiger partial charge is 0.242 e. The minimum Gasteiger partial charge on any atom is -0.375 e. The summed E-state index contributed by atoms with van der Waals surface area (Å²) in [5.74, 6) is 0.990. The molecule has 1 unspecified atom stereocenters. The minimum absolute atomic E-state index is 0.00882. The molecule has 0 aliphatic carbocycles. The van der Waals surface area contributed by atoms with Gasteiger partial charge < -0.3 is 20.3 Å². The standard InChI is InChI=1S/C15H27N3O2/c1-11-14(17-7-10-20-11)15(19)18-8-4-12(5-9-18)13-3-2-6-16-13/h11-14,16-17H,2-10H2,1H3/t11-,13?,14+/m1/s1. The minimum atomic E-state index is -0.148. The van der Waals surface area contributed by atoms with Gasteiger partial charge in [-0.3, -0.25) is 4.79 Å². The highest BCUT2D eigenvalue weighted by molar-refractivity contribution is 5.82. The molecule has 0 aromatic carbocycles. The number of piperidine rings is 1. The Kier molecular flexibility index (Phi) is 4.58. The number of carbonyl (C=O) groups is 1. The van der Waals surface area contributed by atoms with Crippen LogP contribution in [0.4, 0.5) is 0 Å². The van der Waals surface area contributed by atoms with E-state index in [1.165, 1.54) is 19.4 Å². The number of rotatable bonds is 2. The number of likely N-dealkylation sites (tertiary alicyclic amines) is 1. The molecule has 3 aliphatic rings. The topological polar surface area (TPSA) is 53.6 Å². The highest BCUT2D eigenvalue weighted by Crippen LogP contribution is 2.26. The van der Waals surface area contributed by atoms with Gasteiger partial charge in [0.15, 0.2) is 0 Å². The van der Waals surface area contributed by atoms with E-state index in [2.05, 4.69) is 10.6 Å². The van der Waals surface area contributed by atoms with Crippen molar-refractivity contribution in [3.05, 3.63) is 0 Å². The van der Waals surface area contributed by atoms with Gasteiger partial charge in [0, 0.05) is 25.7 Å². The maximum atomic E-state index is 12.6. The number of nitrogens with zero attached hydrogens (tertiary/aromatic N) is 1. The van der Waals surface area contributed by atoms with Gasteiger partial charge in [-0.1, -0.05) is 0 Å².